The van der Waals surface area contributed by atoms with Crippen LogP contribution in [0.5, 0.6) is 0 Å². The van der Waals surface area contributed by atoms with Crippen molar-refractivity contribution in [2.24, 2.45) is 5.73 Å². The van der Waals surface area contributed by atoms with Gasteiger partial charge in [0, 0.05) is 19.1 Å². The Morgan fingerprint density at radius 2 is 2.42 bits per heavy atom. The van der Waals surface area contributed by atoms with Gasteiger partial charge in [0.1, 0.15) is 0 Å². The molecule has 2 fully saturated rings. The summed E-state index contributed by atoms with van der Waals surface area (Å²) < 4.78 is 5.81. The van der Waals surface area contributed by atoms with E-state index >= 15 is 0 Å². The van der Waals surface area contributed by atoms with E-state index in [1.165, 1.54) is 19.4 Å². The zero-order chi connectivity index (χ0) is 13.7. The van der Waals surface area contributed by atoms with Crippen molar-refractivity contribution >= 4 is 5.91 Å². The molecule has 0 aliphatic carbocycles. The van der Waals surface area contributed by atoms with E-state index in [0.29, 0.717) is 12.6 Å². The molecular formula is C14H27N3O2. The predicted octanol–water partition coefficient (Wildman–Crippen LogP) is 0.483. The van der Waals surface area contributed by atoms with E-state index < -0.39 is 0 Å². The summed E-state index contributed by atoms with van der Waals surface area (Å²) >= 11 is 0. The largest absolute Gasteiger partial charge is 0.373 e. The Morgan fingerprint density at radius 3 is 3.21 bits per heavy atom. The average molecular weight is 269 g/mol. The van der Waals surface area contributed by atoms with Crippen LogP contribution in [0.4, 0.5) is 0 Å². The third-order valence-corrected chi connectivity index (χ3v) is 4.17. The Morgan fingerprint density at radius 1 is 1.58 bits per heavy atom. The molecule has 3 atom stereocenters. The summed E-state index contributed by atoms with van der Waals surface area (Å²) in [5.41, 5.74) is 5.84. The van der Waals surface area contributed by atoms with Gasteiger partial charge in [-0.2, -0.15) is 0 Å². The first kappa shape index (κ1) is 14.8. The highest BCUT2D eigenvalue weighted by atomic mass is 16.5. The third kappa shape index (κ3) is 4.16. The SMILES string of the molecule is CCCC[C@H](N)C(=O)NCC1CN2CCCC2CO1. The standard InChI is InChI=1S/C14H27N3O2/c1-2-3-6-13(15)14(18)16-8-12-9-17-7-4-5-11(17)10-19-12/h11-13H,2-10,15H2,1H3,(H,16,18)/t11?,12?,13-/m0/s1. The minimum absolute atomic E-state index is 0.0411. The zero-order valence-corrected chi connectivity index (χ0v) is 11.9. The van der Waals surface area contributed by atoms with Gasteiger partial charge in [-0.1, -0.05) is 19.8 Å². The molecule has 2 aliphatic heterocycles. The van der Waals surface area contributed by atoms with E-state index in [-0.39, 0.29) is 18.1 Å². The van der Waals surface area contributed by atoms with E-state index in [1.54, 1.807) is 0 Å². The molecular weight excluding hydrogens is 242 g/mol. The van der Waals surface area contributed by atoms with Gasteiger partial charge in [0.05, 0.1) is 18.8 Å². The van der Waals surface area contributed by atoms with Gasteiger partial charge >= 0.3 is 0 Å². The second kappa shape index (κ2) is 7.22. The Balaban J connectivity index is 1.66. The van der Waals surface area contributed by atoms with E-state index in [4.69, 9.17) is 10.5 Å². The minimum Gasteiger partial charge on any atom is -0.373 e. The van der Waals surface area contributed by atoms with Crippen LogP contribution in [0.3, 0.4) is 0 Å². The van der Waals surface area contributed by atoms with Crippen molar-refractivity contribution < 1.29 is 9.53 Å². The monoisotopic (exact) mass is 269 g/mol. The molecule has 1 amide bonds. The number of carbonyl (C=O) groups excluding carboxylic acids is 1. The first-order valence-corrected chi connectivity index (χ1v) is 7.59. The zero-order valence-electron chi connectivity index (χ0n) is 11.9. The van der Waals surface area contributed by atoms with E-state index in [9.17, 15) is 4.79 Å². The molecule has 0 bridgehead atoms. The first-order valence-electron chi connectivity index (χ1n) is 7.59. The van der Waals surface area contributed by atoms with Gasteiger partial charge in [-0.25, -0.2) is 0 Å². The van der Waals surface area contributed by atoms with Crippen molar-refractivity contribution in [2.45, 2.75) is 57.2 Å². The highest BCUT2D eigenvalue weighted by Gasteiger charge is 2.32. The number of fused-ring (bicyclic) bond motifs is 1. The molecule has 0 aromatic heterocycles. The highest BCUT2D eigenvalue weighted by Crippen LogP contribution is 2.22. The molecule has 2 rings (SSSR count). The number of unbranched alkanes of at least 4 members (excludes halogenated alkanes) is 1. The molecule has 5 heteroatoms. The molecule has 0 saturated carbocycles. The lowest BCUT2D eigenvalue weighted by molar-refractivity contribution is -0.124. The van der Waals surface area contributed by atoms with Gasteiger partial charge in [0.2, 0.25) is 5.91 Å². The number of morpholine rings is 1. The normalized spacial score (nSPS) is 28.9. The van der Waals surface area contributed by atoms with Crippen LogP contribution in [0.1, 0.15) is 39.0 Å². The maximum Gasteiger partial charge on any atom is 0.237 e. The summed E-state index contributed by atoms with van der Waals surface area (Å²) in [5, 5.41) is 2.93. The maximum absolute atomic E-state index is 11.8. The lowest BCUT2D eigenvalue weighted by atomic mass is 10.1. The Kier molecular flexibility index (Phi) is 5.60. The van der Waals surface area contributed by atoms with Crippen molar-refractivity contribution in [3.8, 4) is 0 Å². The van der Waals surface area contributed by atoms with Crippen LogP contribution in [-0.2, 0) is 9.53 Å². The summed E-state index contributed by atoms with van der Waals surface area (Å²) in [6.07, 6.45) is 5.49. The number of hydrogen-bond donors (Lipinski definition) is 2. The molecule has 110 valence electrons. The lowest BCUT2D eigenvalue weighted by Crippen LogP contribution is -2.51. The number of amides is 1. The highest BCUT2D eigenvalue weighted by molar-refractivity contribution is 5.81. The lowest BCUT2D eigenvalue weighted by Gasteiger charge is -2.35. The topological polar surface area (TPSA) is 67.6 Å². The molecule has 0 aromatic carbocycles. The van der Waals surface area contributed by atoms with E-state index in [0.717, 1.165) is 32.4 Å². The number of carbonyl (C=O) groups is 1. The van der Waals surface area contributed by atoms with Crippen LogP contribution in [0.2, 0.25) is 0 Å². The van der Waals surface area contributed by atoms with Crippen LogP contribution in [0, 0.1) is 0 Å². The third-order valence-electron chi connectivity index (χ3n) is 4.17. The van der Waals surface area contributed by atoms with E-state index in [2.05, 4.69) is 17.1 Å². The fourth-order valence-electron chi connectivity index (χ4n) is 2.91. The Bertz CT molecular complexity index is 298. The molecule has 2 saturated heterocycles. The fraction of sp³-hybridized carbons (Fsp3) is 0.929. The predicted molar refractivity (Wildman–Crippen MR) is 74.8 cm³/mol. The molecule has 19 heavy (non-hydrogen) atoms. The number of hydrogen-bond acceptors (Lipinski definition) is 4. The smallest absolute Gasteiger partial charge is 0.237 e. The number of rotatable bonds is 6. The van der Waals surface area contributed by atoms with Crippen LogP contribution in [0.25, 0.3) is 0 Å². The second-order valence-corrected chi connectivity index (χ2v) is 5.74. The number of nitrogens with two attached hydrogens (primary N) is 1. The quantitative estimate of drug-likeness (QED) is 0.736. The number of nitrogens with zero attached hydrogens (tertiary/aromatic N) is 1. The summed E-state index contributed by atoms with van der Waals surface area (Å²) in [5.74, 6) is -0.0411. The second-order valence-electron chi connectivity index (χ2n) is 5.74. The minimum atomic E-state index is -0.372. The summed E-state index contributed by atoms with van der Waals surface area (Å²) in [7, 11) is 0. The van der Waals surface area contributed by atoms with Gasteiger partial charge in [0.15, 0.2) is 0 Å². The van der Waals surface area contributed by atoms with Crippen LogP contribution >= 0.6 is 0 Å². The number of ether oxygens (including phenoxy) is 1. The molecule has 2 heterocycles. The van der Waals surface area contributed by atoms with Crippen molar-refractivity contribution in [3.63, 3.8) is 0 Å². The van der Waals surface area contributed by atoms with Crippen molar-refractivity contribution in [3.05, 3.63) is 0 Å². The maximum atomic E-state index is 11.8. The van der Waals surface area contributed by atoms with Crippen LogP contribution < -0.4 is 11.1 Å². The summed E-state index contributed by atoms with van der Waals surface area (Å²) in [6.45, 7) is 5.61. The van der Waals surface area contributed by atoms with Crippen molar-refractivity contribution in [1.82, 2.24) is 10.2 Å². The van der Waals surface area contributed by atoms with Crippen LogP contribution in [0.15, 0.2) is 0 Å². The molecule has 0 spiro atoms. The van der Waals surface area contributed by atoms with Crippen molar-refractivity contribution in [2.75, 3.05) is 26.2 Å². The Hall–Kier alpha value is -0.650. The van der Waals surface area contributed by atoms with E-state index in [1.807, 2.05) is 0 Å². The van der Waals surface area contributed by atoms with Crippen molar-refractivity contribution in [1.29, 1.82) is 0 Å². The Labute approximate surface area is 115 Å². The van der Waals surface area contributed by atoms with Gasteiger partial charge in [0.25, 0.3) is 0 Å². The average Bonchev–Trinajstić information content (AvgIpc) is 2.89. The molecule has 2 aliphatic rings. The van der Waals surface area contributed by atoms with Gasteiger partial charge in [-0.3, -0.25) is 9.69 Å². The summed E-state index contributed by atoms with van der Waals surface area (Å²) in [4.78, 5) is 14.3. The molecule has 2 unspecified atom stereocenters. The van der Waals surface area contributed by atoms with Gasteiger partial charge < -0.3 is 15.8 Å². The fourth-order valence-corrected chi connectivity index (χ4v) is 2.91. The molecule has 0 radical (unpaired) electrons. The number of nitrogens with one attached hydrogen (secondary N) is 1. The van der Waals surface area contributed by atoms with Gasteiger partial charge in [-0.05, 0) is 25.8 Å². The molecule has 3 N–H and O–H groups in total. The van der Waals surface area contributed by atoms with Crippen LogP contribution in [-0.4, -0.2) is 55.2 Å². The first-order chi connectivity index (χ1) is 9.20. The van der Waals surface area contributed by atoms with Gasteiger partial charge in [-0.15, -0.1) is 0 Å². The molecule has 0 aromatic rings. The summed E-state index contributed by atoms with van der Waals surface area (Å²) in [6, 6.07) is 0.238. The molecule has 5 nitrogen and oxygen atoms in total.